The summed E-state index contributed by atoms with van der Waals surface area (Å²) in [6.45, 7) is 0.722. The Morgan fingerprint density at radius 2 is 1.93 bits per heavy atom. The van der Waals surface area contributed by atoms with Gasteiger partial charge >= 0.3 is 0 Å². The van der Waals surface area contributed by atoms with Crippen molar-refractivity contribution in [1.82, 2.24) is 20.4 Å². The van der Waals surface area contributed by atoms with Crippen molar-refractivity contribution in [3.63, 3.8) is 0 Å². The smallest absolute Gasteiger partial charge is 0.248 e. The fourth-order valence-corrected chi connectivity index (χ4v) is 5.36. The minimum absolute atomic E-state index is 0.00953. The number of nitrogens with one attached hydrogen (secondary N) is 2. The van der Waals surface area contributed by atoms with Crippen LogP contribution in [0.2, 0.25) is 0 Å². The number of amides is 4. The van der Waals surface area contributed by atoms with E-state index in [4.69, 9.17) is 4.74 Å². The molecule has 160 valence electrons. The molecule has 0 aromatic heterocycles. The van der Waals surface area contributed by atoms with Crippen molar-refractivity contribution in [2.24, 2.45) is 5.92 Å². The van der Waals surface area contributed by atoms with E-state index in [9.17, 15) is 19.2 Å². The van der Waals surface area contributed by atoms with Gasteiger partial charge in [0.1, 0.15) is 18.7 Å². The number of rotatable bonds is 4. The van der Waals surface area contributed by atoms with Crippen molar-refractivity contribution >= 4 is 23.6 Å². The molecule has 29 heavy (non-hydrogen) atoms. The maximum Gasteiger partial charge on any atom is 0.248 e. The summed E-state index contributed by atoms with van der Waals surface area (Å²) in [5.41, 5.74) is 0. The summed E-state index contributed by atoms with van der Waals surface area (Å²) in [5.74, 6) is -0.590. The average molecular weight is 406 g/mol. The van der Waals surface area contributed by atoms with Crippen LogP contribution in [-0.4, -0.2) is 84.4 Å². The molecular formula is C20H30N4O5. The van der Waals surface area contributed by atoms with Crippen LogP contribution >= 0.6 is 0 Å². The second-order valence-corrected chi connectivity index (χ2v) is 8.65. The van der Waals surface area contributed by atoms with Crippen molar-refractivity contribution in [3.05, 3.63) is 0 Å². The van der Waals surface area contributed by atoms with Crippen LogP contribution in [0.4, 0.5) is 0 Å². The first-order valence-corrected chi connectivity index (χ1v) is 10.7. The summed E-state index contributed by atoms with van der Waals surface area (Å²) < 4.78 is 4.83. The molecule has 0 radical (unpaired) electrons. The standard InChI is InChI=1S/C20H30N4O5/c1-29-11-16(25)21-13-9-15-18(26)22-14-7-8-23(17(14)20(28)24(15)10-13)19(27)12-5-3-2-4-6-12/h12-15,17H,2-11H2,1H3,(H,21,25)(H,22,26)/t13-,14-,15+,17-/m0/s1. The molecule has 3 saturated heterocycles. The van der Waals surface area contributed by atoms with Crippen LogP contribution in [0.3, 0.4) is 0 Å². The summed E-state index contributed by atoms with van der Waals surface area (Å²) in [4.78, 5) is 54.4. The summed E-state index contributed by atoms with van der Waals surface area (Å²) >= 11 is 0. The quantitative estimate of drug-likeness (QED) is 0.648. The highest BCUT2D eigenvalue weighted by molar-refractivity contribution is 5.97. The molecule has 4 rings (SSSR count). The first kappa shape index (κ1) is 20.1. The number of fused-ring (bicyclic) bond motifs is 2. The first-order valence-electron chi connectivity index (χ1n) is 10.7. The molecule has 9 heteroatoms. The first-order chi connectivity index (χ1) is 14.0. The van der Waals surface area contributed by atoms with E-state index in [0.717, 1.165) is 32.1 Å². The van der Waals surface area contributed by atoms with Crippen LogP contribution < -0.4 is 10.6 Å². The fourth-order valence-electron chi connectivity index (χ4n) is 5.36. The van der Waals surface area contributed by atoms with Crippen LogP contribution in [0.5, 0.6) is 0 Å². The lowest BCUT2D eigenvalue weighted by molar-refractivity contribution is -0.147. The van der Waals surface area contributed by atoms with E-state index in [2.05, 4.69) is 10.6 Å². The van der Waals surface area contributed by atoms with Gasteiger partial charge in [-0.15, -0.1) is 0 Å². The van der Waals surface area contributed by atoms with Crippen LogP contribution in [0.25, 0.3) is 0 Å². The summed E-state index contributed by atoms with van der Waals surface area (Å²) in [7, 11) is 1.44. The number of carbonyl (C=O) groups is 4. The van der Waals surface area contributed by atoms with Gasteiger partial charge in [0.2, 0.25) is 23.6 Å². The average Bonchev–Trinajstić information content (AvgIpc) is 3.30. The Hall–Kier alpha value is -2.16. The summed E-state index contributed by atoms with van der Waals surface area (Å²) in [5, 5.41) is 5.82. The third-order valence-electron chi connectivity index (χ3n) is 6.74. The van der Waals surface area contributed by atoms with Gasteiger partial charge in [-0.3, -0.25) is 19.2 Å². The Balaban J connectivity index is 1.49. The van der Waals surface area contributed by atoms with Crippen LogP contribution in [-0.2, 0) is 23.9 Å². The van der Waals surface area contributed by atoms with E-state index >= 15 is 0 Å². The molecule has 4 amide bonds. The molecule has 2 N–H and O–H groups in total. The van der Waals surface area contributed by atoms with Crippen molar-refractivity contribution in [1.29, 1.82) is 0 Å². The lowest BCUT2D eigenvalue weighted by Gasteiger charge is -2.32. The maximum absolute atomic E-state index is 13.4. The lowest BCUT2D eigenvalue weighted by atomic mass is 9.88. The lowest BCUT2D eigenvalue weighted by Crippen LogP contribution is -2.54. The van der Waals surface area contributed by atoms with Crippen molar-refractivity contribution in [2.45, 2.75) is 69.1 Å². The van der Waals surface area contributed by atoms with Gasteiger partial charge in [-0.25, -0.2) is 0 Å². The molecule has 4 aliphatic rings. The van der Waals surface area contributed by atoms with Gasteiger partial charge in [-0.05, 0) is 25.7 Å². The van der Waals surface area contributed by atoms with E-state index in [1.54, 1.807) is 9.80 Å². The fraction of sp³-hybridized carbons (Fsp3) is 0.800. The Morgan fingerprint density at radius 3 is 2.66 bits per heavy atom. The summed E-state index contributed by atoms with van der Waals surface area (Å²) in [6, 6.07) is -1.85. The van der Waals surface area contributed by atoms with E-state index in [-0.39, 0.29) is 54.8 Å². The van der Waals surface area contributed by atoms with Crippen LogP contribution in [0.15, 0.2) is 0 Å². The van der Waals surface area contributed by atoms with Gasteiger partial charge in [0.05, 0.1) is 6.04 Å². The molecule has 1 saturated carbocycles. The second-order valence-electron chi connectivity index (χ2n) is 8.65. The predicted octanol–water partition coefficient (Wildman–Crippen LogP) is -0.602. The molecule has 0 unspecified atom stereocenters. The third kappa shape index (κ3) is 3.84. The number of hydrogen-bond acceptors (Lipinski definition) is 5. The zero-order chi connectivity index (χ0) is 20.5. The number of hydrogen-bond donors (Lipinski definition) is 2. The molecule has 3 heterocycles. The minimum atomic E-state index is -0.633. The highest BCUT2D eigenvalue weighted by Gasteiger charge is 2.52. The van der Waals surface area contributed by atoms with Gasteiger partial charge < -0.3 is 25.2 Å². The van der Waals surface area contributed by atoms with Gasteiger partial charge in [-0.1, -0.05) is 19.3 Å². The number of ether oxygens (including phenoxy) is 1. The number of carbonyl (C=O) groups excluding carboxylic acids is 4. The molecule has 9 nitrogen and oxygen atoms in total. The molecule has 0 aromatic carbocycles. The molecule has 4 atom stereocenters. The Bertz CT molecular complexity index is 692. The number of methoxy groups -OCH3 is 1. The predicted molar refractivity (Wildman–Crippen MR) is 103 cm³/mol. The normalized spacial score (nSPS) is 32.4. The Kier molecular flexibility index (Phi) is 5.76. The van der Waals surface area contributed by atoms with E-state index in [1.807, 2.05) is 0 Å². The highest BCUT2D eigenvalue weighted by Crippen LogP contribution is 2.32. The SMILES string of the molecule is COCC(=O)N[C@H]1C[C@@H]2C(=O)N[C@H]3CCN(C(=O)C4CCCCC4)[C@@H]3C(=O)N2C1. The molecule has 0 bridgehead atoms. The van der Waals surface area contributed by atoms with Gasteiger partial charge in [-0.2, -0.15) is 0 Å². The Labute approximate surface area is 170 Å². The van der Waals surface area contributed by atoms with Gasteiger partial charge in [0.25, 0.3) is 0 Å². The topological polar surface area (TPSA) is 108 Å². The van der Waals surface area contributed by atoms with E-state index in [0.29, 0.717) is 19.4 Å². The number of likely N-dealkylation sites (tertiary alicyclic amines) is 1. The highest BCUT2D eigenvalue weighted by atomic mass is 16.5. The van der Waals surface area contributed by atoms with Crippen molar-refractivity contribution in [3.8, 4) is 0 Å². The Morgan fingerprint density at radius 1 is 1.17 bits per heavy atom. The number of nitrogens with zero attached hydrogens (tertiary/aromatic N) is 2. The van der Waals surface area contributed by atoms with Crippen molar-refractivity contribution < 1.29 is 23.9 Å². The van der Waals surface area contributed by atoms with Crippen molar-refractivity contribution in [2.75, 3.05) is 26.8 Å². The third-order valence-corrected chi connectivity index (χ3v) is 6.74. The second kappa shape index (κ2) is 8.30. The molecule has 3 aliphatic heterocycles. The molecule has 0 aromatic rings. The molecule has 0 spiro atoms. The zero-order valence-corrected chi connectivity index (χ0v) is 16.9. The van der Waals surface area contributed by atoms with Crippen LogP contribution in [0, 0.1) is 5.92 Å². The van der Waals surface area contributed by atoms with Crippen LogP contribution in [0.1, 0.15) is 44.9 Å². The van der Waals surface area contributed by atoms with Gasteiger partial charge in [0, 0.05) is 32.2 Å². The van der Waals surface area contributed by atoms with E-state index < -0.39 is 12.1 Å². The van der Waals surface area contributed by atoms with Gasteiger partial charge in [0.15, 0.2) is 0 Å². The maximum atomic E-state index is 13.4. The van der Waals surface area contributed by atoms with E-state index in [1.165, 1.54) is 7.11 Å². The molecular weight excluding hydrogens is 376 g/mol. The molecule has 1 aliphatic carbocycles. The monoisotopic (exact) mass is 406 g/mol. The largest absolute Gasteiger partial charge is 0.375 e. The molecule has 4 fully saturated rings. The summed E-state index contributed by atoms with van der Waals surface area (Å²) in [6.07, 6.45) is 6.02. The minimum Gasteiger partial charge on any atom is -0.375 e. The zero-order valence-electron chi connectivity index (χ0n) is 16.9.